The van der Waals surface area contributed by atoms with Crippen molar-refractivity contribution in [3.05, 3.63) is 53.2 Å². The number of nitrogens with one attached hydrogen (secondary N) is 2. The highest BCUT2D eigenvalue weighted by molar-refractivity contribution is 7.80. The molecule has 1 saturated heterocycles. The number of likely N-dealkylation sites (tertiary alicyclic amines) is 1. The Morgan fingerprint density at radius 1 is 1.11 bits per heavy atom. The van der Waals surface area contributed by atoms with E-state index in [4.69, 9.17) is 12.2 Å². The maximum Gasteiger partial charge on any atom is 0.228 e. The Kier molecular flexibility index (Phi) is 6.06. The van der Waals surface area contributed by atoms with E-state index in [1.165, 1.54) is 11.1 Å². The standard InChI is InChI=1S/C21H26N4OS/c1-14-7-8-15(2)18(13-14)23-21(27)25-11-9-17(10-12-25)20(26)24-19-6-4-5-16(3)22-19/h4-8,13,17H,9-12H2,1-3H3,(H,23,27)(H,22,24,26). The summed E-state index contributed by atoms with van der Waals surface area (Å²) in [5.74, 6) is 0.655. The molecule has 2 heterocycles. The molecule has 0 unspecified atom stereocenters. The van der Waals surface area contributed by atoms with Crippen LogP contribution >= 0.6 is 12.2 Å². The summed E-state index contributed by atoms with van der Waals surface area (Å²) < 4.78 is 0. The largest absolute Gasteiger partial charge is 0.349 e. The number of hydrogen-bond acceptors (Lipinski definition) is 3. The van der Waals surface area contributed by atoms with Crippen molar-refractivity contribution in [3.63, 3.8) is 0 Å². The maximum absolute atomic E-state index is 12.5. The molecule has 0 spiro atoms. The average molecular weight is 383 g/mol. The molecule has 1 aromatic carbocycles. The first-order valence-corrected chi connectivity index (χ1v) is 9.71. The first-order chi connectivity index (χ1) is 12.9. The third-order valence-electron chi connectivity index (χ3n) is 4.93. The lowest BCUT2D eigenvalue weighted by Crippen LogP contribution is -2.43. The van der Waals surface area contributed by atoms with Gasteiger partial charge in [0.1, 0.15) is 5.82 Å². The Labute approximate surface area is 166 Å². The molecule has 0 saturated carbocycles. The molecule has 5 nitrogen and oxygen atoms in total. The summed E-state index contributed by atoms with van der Waals surface area (Å²) in [7, 11) is 0. The molecular formula is C21H26N4OS. The van der Waals surface area contributed by atoms with Crippen molar-refractivity contribution in [1.82, 2.24) is 9.88 Å². The fourth-order valence-electron chi connectivity index (χ4n) is 3.25. The molecule has 27 heavy (non-hydrogen) atoms. The molecule has 0 bridgehead atoms. The van der Waals surface area contributed by atoms with Crippen LogP contribution in [0.15, 0.2) is 36.4 Å². The summed E-state index contributed by atoms with van der Waals surface area (Å²) in [6, 6.07) is 11.9. The summed E-state index contributed by atoms with van der Waals surface area (Å²) >= 11 is 5.59. The lowest BCUT2D eigenvalue weighted by Gasteiger charge is -2.33. The van der Waals surface area contributed by atoms with Crippen LogP contribution in [0.5, 0.6) is 0 Å². The maximum atomic E-state index is 12.5. The fraction of sp³-hybridized carbons (Fsp3) is 0.381. The number of hydrogen-bond donors (Lipinski definition) is 2. The van der Waals surface area contributed by atoms with Crippen molar-refractivity contribution < 1.29 is 4.79 Å². The molecule has 0 atom stereocenters. The highest BCUT2D eigenvalue weighted by Gasteiger charge is 2.26. The SMILES string of the molecule is Cc1ccc(C)c(NC(=S)N2CCC(C(=O)Nc3cccc(C)n3)CC2)c1. The Morgan fingerprint density at radius 3 is 2.56 bits per heavy atom. The van der Waals surface area contributed by atoms with E-state index >= 15 is 0 Å². The Bertz CT molecular complexity index is 844. The van der Waals surface area contributed by atoms with Crippen LogP contribution in [0.2, 0.25) is 0 Å². The Morgan fingerprint density at radius 2 is 1.85 bits per heavy atom. The molecule has 1 amide bonds. The van der Waals surface area contributed by atoms with Crippen molar-refractivity contribution in [1.29, 1.82) is 0 Å². The number of nitrogens with zero attached hydrogens (tertiary/aromatic N) is 2. The summed E-state index contributed by atoms with van der Waals surface area (Å²) in [5, 5.41) is 7.02. The minimum Gasteiger partial charge on any atom is -0.349 e. The van der Waals surface area contributed by atoms with E-state index in [1.54, 1.807) is 0 Å². The van der Waals surface area contributed by atoms with Crippen LogP contribution in [0, 0.1) is 26.7 Å². The van der Waals surface area contributed by atoms with Crippen LogP contribution in [-0.2, 0) is 4.79 Å². The van der Waals surface area contributed by atoms with Gasteiger partial charge in [-0.2, -0.15) is 0 Å². The highest BCUT2D eigenvalue weighted by atomic mass is 32.1. The molecule has 1 aliphatic rings. The van der Waals surface area contributed by atoms with Crippen molar-refractivity contribution >= 4 is 34.7 Å². The lowest BCUT2D eigenvalue weighted by atomic mass is 9.96. The van der Waals surface area contributed by atoms with Gasteiger partial charge in [0.2, 0.25) is 5.91 Å². The number of piperidine rings is 1. The zero-order valence-corrected chi connectivity index (χ0v) is 16.9. The predicted molar refractivity (Wildman–Crippen MR) is 114 cm³/mol. The number of thiocarbonyl (C=S) groups is 1. The van der Waals surface area contributed by atoms with Crippen molar-refractivity contribution in [3.8, 4) is 0 Å². The number of pyridine rings is 1. The zero-order chi connectivity index (χ0) is 19.4. The smallest absolute Gasteiger partial charge is 0.228 e. The van der Waals surface area contributed by atoms with Crippen LogP contribution in [0.25, 0.3) is 0 Å². The molecule has 2 N–H and O–H groups in total. The second kappa shape index (κ2) is 8.48. The highest BCUT2D eigenvalue weighted by Crippen LogP contribution is 2.22. The Hall–Kier alpha value is -2.47. The number of benzene rings is 1. The van der Waals surface area contributed by atoms with Gasteiger partial charge in [-0.25, -0.2) is 4.98 Å². The van der Waals surface area contributed by atoms with Gasteiger partial charge in [0.25, 0.3) is 0 Å². The van der Waals surface area contributed by atoms with E-state index in [-0.39, 0.29) is 11.8 Å². The van der Waals surface area contributed by atoms with Crippen LogP contribution < -0.4 is 10.6 Å². The van der Waals surface area contributed by atoms with Crippen molar-refractivity contribution in [2.75, 3.05) is 23.7 Å². The normalized spacial score (nSPS) is 14.7. The number of carbonyl (C=O) groups excluding carboxylic acids is 1. The lowest BCUT2D eigenvalue weighted by molar-refractivity contribution is -0.121. The van der Waals surface area contributed by atoms with E-state index in [0.717, 1.165) is 42.4 Å². The van der Waals surface area contributed by atoms with E-state index in [0.29, 0.717) is 5.82 Å². The number of rotatable bonds is 3. The van der Waals surface area contributed by atoms with Gasteiger partial charge in [-0.05, 0) is 75.2 Å². The van der Waals surface area contributed by atoms with E-state index in [2.05, 4.69) is 52.6 Å². The van der Waals surface area contributed by atoms with Gasteiger partial charge in [0, 0.05) is 30.4 Å². The topological polar surface area (TPSA) is 57.3 Å². The molecule has 142 valence electrons. The van der Waals surface area contributed by atoms with E-state index in [9.17, 15) is 4.79 Å². The molecule has 2 aromatic rings. The molecule has 1 aromatic heterocycles. The second-order valence-electron chi connectivity index (χ2n) is 7.16. The van der Waals surface area contributed by atoms with Crippen LogP contribution in [0.1, 0.15) is 29.7 Å². The van der Waals surface area contributed by atoms with Crippen molar-refractivity contribution in [2.45, 2.75) is 33.6 Å². The van der Waals surface area contributed by atoms with E-state index < -0.39 is 0 Å². The van der Waals surface area contributed by atoms with Gasteiger partial charge in [-0.1, -0.05) is 18.2 Å². The number of carbonyl (C=O) groups is 1. The van der Waals surface area contributed by atoms with Gasteiger partial charge in [-0.15, -0.1) is 0 Å². The number of anilines is 2. The monoisotopic (exact) mass is 382 g/mol. The molecular weight excluding hydrogens is 356 g/mol. The third-order valence-corrected chi connectivity index (χ3v) is 5.29. The van der Waals surface area contributed by atoms with Crippen LogP contribution in [0.3, 0.4) is 0 Å². The number of amides is 1. The minimum atomic E-state index is -0.00734. The summed E-state index contributed by atoms with van der Waals surface area (Å²) in [6.45, 7) is 7.60. The summed E-state index contributed by atoms with van der Waals surface area (Å²) in [6.07, 6.45) is 1.57. The summed E-state index contributed by atoms with van der Waals surface area (Å²) in [5.41, 5.74) is 4.31. The van der Waals surface area contributed by atoms with Crippen molar-refractivity contribution in [2.24, 2.45) is 5.92 Å². The minimum absolute atomic E-state index is 0.00734. The molecule has 1 aliphatic heterocycles. The second-order valence-corrected chi connectivity index (χ2v) is 7.55. The first-order valence-electron chi connectivity index (χ1n) is 9.30. The summed E-state index contributed by atoms with van der Waals surface area (Å²) in [4.78, 5) is 19.0. The number of aryl methyl sites for hydroxylation is 3. The number of aromatic nitrogens is 1. The average Bonchev–Trinajstić information content (AvgIpc) is 2.65. The fourth-order valence-corrected chi connectivity index (χ4v) is 3.54. The Balaban J connectivity index is 1.52. The molecule has 3 rings (SSSR count). The van der Waals surface area contributed by atoms with Gasteiger partial charge in [0.05, 0.1) is 0 Å². The molecule has 0 aliphatic carbocycles. The van der Waals surface area contributed by atoms with Crippen LogP contribution in [-0.4, -0.2) is 34.0 Å². The van der Waals surface area contributed by atoms with Gasteiger partial charge in [0.15, 0.2) is 5.11 Å². The van der Waals surface area contributed by atoms with Crippen LogP contribution in [0.4, 0.5) is 11.5 Å². The quantitative estimate of drug-likeness (QED) is 0.784. The van der Waals surface area contributed by atoms with Gasteiger partial charge in [-0.3, -0.25) is 4.79 Å². The zero-order valence-electron chi connectivity index (χ0n) is 16.1. The predicted octanol–water partition coefficient (Wildman–Crippen LogP) is 4.05. The third kappa shape index (κ3) is 5.04. The molecule has 1 fully saturated rings. The first kappa shape index (κ1) is 19.3. The van der Waals surface area contributed by atoms with Gasteiger partial charge < -0.3 is 15.5 Å². The molecule has 6 heteroatoms. The van der Waals surface area contributed by atoms with E-state index in [1.807, 2.05) is 25.1 Å². The van der Waals surface area contributed by atoms with Gasteiger partial charge >= 0.3 is 0 Å². The molecule has 0 radical (unpaired) electrons.